The normalized spacial score (nSPS) is 26.5. The van der Waals surface area contributed by atoms with Crippen LogP contribution in [0.25, 0.3) is 0 Å². The minimum Gasteiger partial charge on any atom is -0.479 e. The van der Waals surface area contributed by atoms with Crippen molar-refractivity contribution in [2.24, 2.45) is 0 Å². The van der Waals surface area contributed by atoms with Gasteiger partial charge in [-0.2, -0.15) is 0 Å². The molecule has 0 radical (unpaired) electrons. The average Bonchev–Trinajstić information content (AvgIpc) is 2.11. The molecule has 0 aromatic rings. The molecule has 0 saturated carbocycles. The van der Waals surface area contributed by atoms with Gasteiger partial charge < -0.3 is 15.2 Å². The van der Waals surface area contributed by atoms with Gasteiger partial charge >= 0.3 is 12.1 Å². The lowest BCUT2D eigenvalue weighted by Gasteiger charge is -2.34. The van der Waals surface area contributed by atoms with Crippen LogP contribution in [0.4, 0.5) is 4.79 Å². The number of carbonyl (C=O) groups is 2. The van der Waals surface area contributed by atoms with Crippen molar-refractivity contribution in [2.75, 3.05) is 11.5 Å². The zero-order chi connectivity index (χ0) is 14.9. The summed E-state index contributed by atoms with van der Waals surface area (Å²) in [6, 6.07) is 0. The molecule has 1 aliphatic heterocycles. The number of sulfone groups is 1. The number of rotatable bonds is 2. The molecular formula is C11H19NO6S. The number of amides is 1. The number of alkyl carbamates (subject to hydrolysis) is 1. The van der Waals surface area contributed by atoms with Crippen LogP contribution in [0.15, 0.2) is 0 Å². The van der Waals surface area contributed by atoms with Gasteiger partial charge in [0.1, 0.15) is 5.60 Å². The number of aliphatic carboxylic acids is 1. The van der Waals surface area contributed by atoms with Crippen LogP contribution in [0.3, 0.4) is 0 Å². The number of carboxylic acid groups (broad SMARTS) is 1. The van der Waals surface area contributed by atoms with Gasteiger partial charge in [-0.05, 0) is 33.6 Å². The second kappa shape index (κ2) is 4.99. The van der Waals surface area contributed by atoms with Crippen molar-refractivity contribution < 1.29 is 27.9 Å². The van der Waals surface area contributed by atoms with Gasteiger partial charge in [0.2, 0.25) is 0 Å². The maximum atomic E-state index is 11.7. The molecule has 0 aliphatic carbocycles. The van der Waals surface area contributed by atoms with Crippen LogP contribution in [0.5, 0.6) is 0 Å². The number of hydrogen-bond acceptors (Lipinski definition) is 5. The van der Waals surface area contributed by atoms with E-state index in [-0.39, 0.29) is 18.6 Å². The third-order valence-corrected chi connectivity index (χ3v) is 4.52. The van der Waals surface area contributed by atoms with Crippen molar-refractivity contribution in [1.29, 1.82) is 0 Å². The highest BCUT2D eigenvalue weighted by molar-refractivity contribution is 7.91. The van der Waals surface area contributed by atoms with Gasteiger partial charge in [0, 0.05) is 0 Å². The van der Waals surface area contributed by atoms with Crippen LogP contribution in [-0.4, -0.2) is 48.2 Å². The summed E-state index contributed by atoms with van der Waals surface area (Å²) in [6.07, 6.45) is -0.655. The summed E-state index contributed by atoms with van der Waals surface area (Å²) < 4.78 is 28.1. The van der Waals surface area contributed by atoms with Gasteiger partial charge in [-0.25, -0.2) is 18.0 Å². The van der Waals surface area contributed by atoms with Gasteiger partial charge in [0.25, 0.3) is 0 Å². The summed E-state index contributed by atoms with van der Waals surface area (Å²) in [6.45, 7) is 4.91. The first-order chi connectivity index (χ1) is 8.46. The molecular weight excluding hydrogens is 274 g/mol. The zero-order valence-corrected chi connectivity index (χ0v) is 12.0. The summed E-state index contributed by atoms with van der Waals surface area (Å²) in [7, 11) is -3.48. The highest BCUT2D eigenvalue weighted by atomic mass is 32.2. The molecule has 19 heavy (non-hydrogen) atoms. The number of nitrogens with one attached hydrogen (secondary N) is 1. The molecule has 1 unspecified atom stereocenters. The van der Waals surface area contributed by atoms with Crippen LogP contribution in [0, 0.1) is 0 Å². The van der Waals surface area contributed by atoms with Crippen LogP contribution in [0.2, 0.25) is 0 Å². The van der Waals surface area contributed by atoms with Crippen molar-refractivity contribution in [2.45, 2.75) is 44.8 Å². The third-order valence-electron chi connectivity index (χ3n) is 2.67. The first-order valence-electron chi connectivity index (χ1n) is 5.91. The quantitative estimate of drug-likeness (QED) is 0.769. The fourth-order valence-corrected chi connectivity index (χ4v) is 3.75. The van der Waals surface area contributed by atoms with Crippen molar-refractivity contribution in [3.05, 3.63) is 0 Å². The van der Waals surface area contributed by atoms with E-state index < -0.39 is 38.8 Å². The van der Waals surface area contributed by atoms with Crippen LogP contribution >= 0.6 is 0 Å². The van der Waals surface area contributed by atoms with Crippen LogP contribution < -0.4 is 5.32 Å². The maximum Gasteiger partial charge on any atom is 0.408 e. The molecule has 1 aliphatic rings. The Labute approximate surface area is 112 Å². The Balaban J connectivity index is 2.90. The van der Waals surface area contributed by atoms with Crippen molar-refractivity contribution in [1.82, 2.24) is 5.32 Å². The second-order valence-corrected chi connectivity index (χ2v) is 7.89. The Hall–Kier alpha value is -1.31. The maximum absolute atomic E-state index is 11.7. The Kier molecular flexibility index (Phi) is 4.14. The van der Waals surface area contributed by atoms with Gasteiger partial charge in [0.15, 0.2) is 15.4 Å². The van der Waals surface area contributed by atoms with E-state index in [4.69, 9.17) is 4.74 Å². The van der Waals surface area contributed by atoms with Crippen molar-refractivity contribution >= 4 is 21.9 Å². The van der Waals surface area contributed by atoms with E-state index in [1.165, 1.54) is 0 Å². The van der Waals surface area contributed by atoms with Crippen molar-refractivity contribution in [3.8, 4) is 0 Å². The third kappa shape index (κ3) is 4.38. The molecule has 110 valence electrons. The second-order valence-electron chi connectivity index (χ2n) is 5.71. The lowest BCUT2D eigenvalue weighted by Crippen LogP contribution is -2.61. The number of hydrogen-bond donors (Lipinski definition) is 2. The average molecular weight is 293 g/mol. The molecule has 0 spiro atoms. The molecule has 8 heteroatoms. The topological polar surface area (TPSA) is 110 Å². The summed E-state index contributed by atoms with van der Waals surface area (Å²) in [5.74, 6) is -2.02. The SMILES string of the molecule is CC(C)(C)OC(=O)NC1(C(=O)O)CCCS(=O)(=O)C1. The predicted molar refractivity (Wildman–Crippen MR) is 67.6 cm³/mol. The number of carboxylic acids is 1. The Morgan fingerprint density at radius 3 is 2.32 bits per heavy atom. The van der Waals surface area contributed by atoms with Gasteiger partial charge in [0.05, 0.1) is 11.5 Å². The molecule has 1 rings (SSSR count). The fourth-order valence-electron chi connectivity index (χ4n) is 1.93. The lowest BCUT2D eigenvalue weighted by molar-refractivity contribution is -0.144. The molecule has 0 aromatic carbocycles. The fraction of sp³-hybridized carbons (Fsp3) is 0.818. The Morgan fingerprint density at radius 1 is 1.32 bits per heavy atom. The highest BCUT2D eigenvalue weighted by Crippen LogP contribution is 2.24. The van der Waals surface area contributed by atoms with E-state index in [9.17, 15) is 23.1 Å². The van der Waals surface area contributed by atoms with E-state index in [1.807, 2.05) is 0 Å². The first kappa shape index (κ1) is 15.7. The summed E-state index contributed by atoms with van der Waals surface area (Å²) >= 11 is 0. The molecule has 1 saturated heterocycles. The number of ether oxygens (including phenoxy) is 1. The van der Waals surface area contributed by atoms with E-state index in [2.05, 4.69) is 5.32 Å². The molecule has 1 amide bonds. The summed E-state index contributed by atoms with van der Waals surface area (Å²) in [4.78, 5) is 23.0. The molecule has 7 nitrogen and oxygen atoms in total. The van der Waals surface area contributed by atoms with Gasteiger partial charge in [-0.1, -0.05) is 0 Å². The molecule has 1 heterocycles. The zero-order valence-electron chi connectivity index (χ0n) is 11.2. The van der Waals surface area contributed by atoms with Crippen molar-refractivity contribution in [3.63, 3.8) is 0 Å². The lowest BCUT2D eigenvalue weighted by atomic mass is 9.96. The minimum atomic E-state index is -3.48. The van der Waals surface area contributed by atoms with E-state index in [1.54, 1.807) is 20.8 Å². The molecule has 0 aromatic heterocycles. The monoisotopic (exact) mass is 293 g/mol. The Morgan fingerprint density at radius 2 is 1.89 bits per heavy atom. The van der Waals surface area contributed by atoms with Gasteiger partial charge in [-0.3, -0.25) is 0 Å². The molecule has 2 N–H and O–H groups in total. The van der Waals surface area contributed by atoms with Gasteiger partial charge in [-0.15, -0.1) is 0 Å². The standard InChI is InChI=1S/C11H19NO6S/c1-10(2,3)18-9(15)12-11(8(13)14)5-4-6-19(16,17)7-11/h4-7H2,1-3H3,(H,12,15)(H,13,14). The summed E-state index contributed by atoms with van der Waals surface area (Å²) in [5.41, 5.74) is -2.57. The number of carbonyl (C=O) groups excluding carboxylic acids is 1. The predicted octanol–water partition coefficient (Wildman–Crippen LogP) is 0.543. The largest absolute Gasteiger partial charge is 0.479 e. The molecule has 0 bridgehead atoms. The minimum absolute atomic E-state index is 0.0575. The first-order valence-corrected chi connectivity index (χ1v) is 7.73. The van der Waals surface area contributed by atoms with E-state index >= 15 is 0 Å². The summed E-state index contributed by atoms with van der Waals surface area (Å²) in [5, 5.41) is 11.4. The Bertz CT molecular complexity index is 478. The smallest absolute Gasteiger partial charge is 0.408 e. The van der Waals surface area contributed by atoms with Crippen LogP contribution in [-0.2, 0) is 19.4 Å². The highest BCUT2D eigenvalue weighted by Gasteiger charge is 2.47. The molecule has 1 atom stereocenters. The van der Waals surface area contributed by atoms with Crippen LogP contribution in [0.1, 0.15) is 33.6 Å². The van der Waals surface area contributed by atoms with E-state index in [0.717, 1.165) is 0 Å². The van der Waals surface area contributed by atoms with E-state index in [0.29, 0.717) is 0 Å². The molecule has 1 fully saturated rings.